The first-order valence-corrected chi connectivity index (χ1v) is 6.61. The van der Waals surface area contributed by atoms with Crippen LogP contribution in [0.4, 0.5) is 5.69 Å². The smallest absolute Gasteiger partial charge is 0.250 e. The molecule has 1 amide bonds. The molecular weight excluding hydrogens is 228 g/mol. The summed E-state index contributed by atoms with van der Waals surface area (Å²) in [7, 11) is 0. The molecule has 4 heteroatoms. The van der Waals surface area contributed by atoms with Crippen molar-refractivity contribution in [1.29, 1.82) is 0 Å². The van der Waals surface area contributed by atoms with Gasteiger partial charge in [-0.2, -0.15) is 0 Å². The van der Waals surface area contributed by atoms with E-state index < -0.39 is 0 Å². The molecule has 2 rings (SSSR count). The third-order valence-electron chi connectivity index (χ3n) is 3.66. The number of pyridine rings is 1. The zero-order valence-electron chi connectivity index (χ0n) is 11.0. The Bertz CT molecular complexity index is 493. The number of nitrogens with zero attached hydrogens (tertiary/aromatic N) is 1. The Hall–Kier alpha value is -1.58. The number of carbonyl (C=O) groups excluding carboxylic acids is 1. The van der Waals surface area contributed by atoms with Crippen LogP contribution in [-0.2, 0) is 11.3 Å². The minimum atomic E-state index is -0.0370. The summed E-state index contributed by atoms with van der Waals surface area (Å²) in [6.07, 6.45) is 4.78. The molecule has 0 aliphatic heterocycles. The molecule has 1 aliphatic carbocycles. The van der Waals surface area contributed by atoms with Gasteiger partial charge < -0.3 is 9.88 Å². The van der Waals surface area contributed by atoms with Crippen molar-refractivity contribution in [2.24, 2.45) is 11.8 Å². The van der Waals surface area contributed by atoms with Crippen LogP contribution in [0.25, 0.3) is 0 Å². The number of aryl methyl sites for hydroxylation is 1. The maximum absolute atomic E-state index is 12.0. The van der Waals surface area contributed by atoms with Gasteiger partial charge in [0.25, 0.3) is 5.56 Å². The quantitative estimate of drug-likeness (QED) is 0.892. The number of nitrogens with one attached hydrogen (secondary N) is 1. The molecule has 18 heavy (non-hydrogen) atoms. The lowest BCUT2D eigenvalue weighted by Gasteiger charge is -2.12. The van der Waals surface area contributed by atoms with Gasteiger partial charge in [0.15, 0.2) is 0 Å². The van der Waals surface area contributed by atoms with Crippen molar-refractivity contribution in [3.8, 4) is 0 Å². The highest BCUT2D eigenvalue weighted by Crippen LogP contribution is 2.30. The van der Waals surface area contributed by atoms with Crippen LogP contribution in [0, 0.1) is 11.8 Å². The topological polar surface area (TPSA) is 51.1 Å². The Labute approximate surface area is 107 Å². The van der Waals surface area contributed by atoms with Crippen molar-refractivity contribution >= 4 is 11.6 Å². The summed E-state index contributed by atoms with van der Waals surface area (Å²) >= 11 is 0. The number of hydrogen-bond acceptors (Lipinski definition) is 2. The SMILES string of the molecule is CCn1cc(NC(=O)[C@@H]2CC[C@H](C)C2)ccc1=O. The van der Waals surface area contributed by atoms with E-state index in [1.165, 1.54) is 6.07 Å². The lowest BCUT2D eigenvalue weighted by atomic mass is 10.1. The van der Waals surface area contributed by atoms with Gasteiger partial charge in [0.2, 0.25) is 5.91 Å². The minimum Gasteiger partial charge on any atom is -0.325 e. The second-order valence-electron chi connectivity index (χ2n) is 5.15. The monoisotopic (exact) mass is 248 g/mol. The van der Waals surface area contributed by atoms with Crippen molar-refractivity contribution in [3.05, 3.63) is 28.7 Å². The number of anilines is 1. The number of hydrogen-bond donors (Lipinski definition) is 1. The molecule has 1 heterocycles. The molecule has 1 fully saturated rings. The summed E-state index contributed by atoms with van der Waals surface area (Å²) in [5.41, 5.74) is 0.672. The molecule has 1 aromatic rings. The van der Waals surface area contributed by atoms with Crippen molar-refractivity contribution < 1.29 is 4.79 Å². The van der Waals surface area contributed by atoms with Crippen molar-refractivity contribution in [1.82, 2.24) is 4.57 Å². The predicted molar refractivity (Wildman–Crippen MR) is 71.5 cm³/mol. The van der Waals surface area contributed by atoms with E-state index in [9.17, 15) is 9.59 Å². The van der Waals surface area contributed by atoms with Gasteiger partial charge in [-0.3, -0.25) is 9.59 Å². The summed E-state index contributed by atoms with van der Waals surface area (Å²) in [5, 5.41) is 2.91. The number of aromatic nitrogens is 1. The fourth-order valence-corrected chi connectivity index (χ4v) is 2.54. The third-order valence-corrected chi connectivity index (χ3v) is 3.66. The van der Waals surface area contributed by atoms with E-state index in [0.29, 0.717) is 18.2 Å². The molecule has 98 valence electrons. The molecule has 0 saturated heterocycles. The fourth-order valence-electron chi connectivity index (χ4n) is 2.54. The van der Waals surface area contributed by atoms with Crippen LogP contribution in [0.5, 0.6) is 0 Å². The van der Waals surface area contributed by atoms with Crippen LogP contribution >= 0.6 is 0 Å². The van der Waals surface area contributed by atoms with Crippen LogP contribution in [0.3, 0.4) is 0 Å². The van der Waals surface area contributed by atoms with Gasteiger partial charge in [-0.1, -0.05) is 6.92 Å². The minimum absolute atomic E-state index is 0.0370. The van der Waals surface area contributed by atoms with E-state index in [1.54, 1.807) is 16.8 Å². The zero-order chi connectivity index (χ0) is 13.1. The molecule has 2 atom stereocenters. The van der Waals surface area contributed by atoms with Crippen LogP contribution < -0.4 is 10.9 Å². The predicted octanol–water partition coefficient (Wildman–Crippen LogP) is 2.24. The standard InChI is InChI=1S/C14H20N2O2/c1-3-16-9-12(6-7-13(16)17)15-14(18)11-5-4-10(2)8-11/h6-7,9-11H,3-5,8H2,1-2H3,(H,15,18)/t10-,11+/m0/s1. The van der Waals surface area contributed by atoms with Gasteiger partial charge in [0, 0.05) is 24.7 Å². The summed E-state index contributed by atoms with van der Waals surface area (Å²) in [4.78, 5) is 23.5. The highest BCUT2D eigenvalue weighted by atomic mass is 16.2. The van der Waals surface area contributed by atoms with E-state index in [0.717, 1.165) is 19.3 Å². The van der Waals surface area contributed by atoms with E-state index in [-0.39, 0.29) is 17.4 Å². The van der Waals surface area contributed by atoms with Crippen LogP contribution in [-0.4, -0.2) is 10.5 Å². The lowest BCUT2D eigenvalue weighted by molar-refractivity contribution is -0.119. The molecule has 0 spiro atoms. The first-order valence-electron chi connectivity index (χ1n) is 6.61. The first kappa shape index (κ1) is 12.9. The average Bonchev–Trinajstić information content (AvgIpc) is 2.78. The Morgan fingerprint density at radius 1 is 1.44 bits per heavy atom. The molecule has 1 N–H and O–H groups in total. The summed E-state index contributed by atoms with van der Waals surface area (Å²) in [5.74, 6) is 0.855. The number of carbonyl (C=O) groups is 1. The van der Waals surface area contributed by atoms with Crippen molar-refractivity contribution in [2.75, 3.05) is 5.32 Å². The number of rotatable bonds is 3. The summed E-state index contributed by atoms with van der Waals surface area (Å²) in [6.45, 7) is 4.71. The normalized spacial score (nSPS) is 23.0. The molecule has 0 bridgehead atoms. The van der Waals surface area contributed by atoms with Gasteiger partial charge in [-0.05, 0) is 38.2 Å². The van der Waals surface area contributed by atoms with Gasteiger partial charge in [0.05, 0.1) is 5.69 Å². The number of amides is 1. The summed E-state index contributed by atoms with van der Waals surface area (Å²) < 4.78 is 1.59. The highest BCUT2D eigenvalue weighted by Gasteiger charge is 2.27. The Balaban J connectivity index is 2.05. The second kappa shape index (κ2) is 5.38. The fraction of sp³-hybridized carbons (Fsp3) is 0.571. The molecular formula is C14H20N2O2. The lowest BCUT2D eigenvalue weighted by Crippen LogP contribution is -2.23. The second-order valence-corrected chi connectivity index (χ2v) is 5.15. The Morgan fingerprint density at radius 3 is 2.83 bits per heavy atom. The van der Waals surface area contributed by atoms with E-state index in [1.807, 2.05) is 6.92 Å². The van der Waals surface area contributed by atoms with E-state index in [2.05, 4.69) is 12.2 Å². The van der Waals surface area contributed by atoms with Gasteiger partial charge in [-0.25, -0.2) is 0 Å². The van der Waals surface area contributed by atoms with E-state index >= 15 is 0 Å². The first-order chi connectivity index (χ1) is 8.60. The molecule has 1 saturated carbocycles. The van der Waals surface area contributed by atoms with Crippen molar-refractivity contribution in [2.45, 2.75) is 39.7 Å². The molecule has 0 aromatic carbocycles. The molecule has 1 aliphatic rings. The van der Waals surface area contributed by atoms with Gasteiger partial charge in [0.1, 0.15) is 0 Å². The third kappa shape index (κ3) is 2.81. The maximum Gasteiger partial charge on any atom is 0.250 e. The molecule has 1 aromatic heterocycles. The van der Waals surface area contributed by atoms with Crippen LogP contribution in [0.2, 0.25) is 0 Å². The van der Waals surface area contributed by atoms with Crippen molar-refractivity contribution in [3.63, 3.8) is 0 Å². The highest BCUT2D eigenvalue weighted by molar-refractivity contribution is 5.92. The van der Waals surface area contributed by atoms with Crippen LogP contribution in [0.15, 0.2) is 23.1 Å². The Morgan fingerprint density at radius 2 is 2.22 bits per heavy atom. The van der Waals surface area contributed by atoms with Gasteiger partial charge >= 0.3 is 0 Å². The molecule has 0 unspecified atom stereocenters. The largest absolute Gasteiger partial charge is 0.325 e. The molecule has 4 nitrogen and oxygen atoms in total. The van der Waals surface area contributed by atoms with E-state index in [4.69, 9.17) is 0 Å². The van der Waals surface area contributed by atoms with Gasteiger partial charge in [-0.15, -0.1) is 0 Å². The maximum atomic E-state index is 12.0. The Kier molecular flexibility index (Phi) is 3.84. The molecule has 0 radical (unpaired) electrons. The zero-order valence-corrected chi connectivity index (χ0v) is 11.0. The average molecular weight is 248 g/mol. The summed E-state index contributed by atoms with van der Waals surface area (Å²) in [6, 6.07) is 3.17. The van der Waals surface area contributed by atoms with Crippen LogP contribution in [0.1, 0.15) is 33.1 Å².